The minimum atomic E-state index is -4.35. The molecular formula is C19H18F3NO4. The summed E-state index contributed by atoms with van der Waals surface area (Å²) in [6.07, 6.45) is -4.31. The number of halogens is 3. The number of ether oxygens (including phenoxy) is 1. The lowest BCUT2D eigenvalue weighted by atomic mass is 10.1. The average Bonchev–Trinajstić information content (AvgIpc) is 2.60. The average molecular weight is 381 g/mol. The van der Waals surface area contributed by atoms with Gasteiger partial charge in [0.25, 0.3) is 0 Å². The normalized spacial score (nSPS) is 11.2. The van der Waals surface area contributed by atoms with E-state index in [0.717, 1.165) is 5.56 Å². The topological polar surface area (TPSA) is 75.6 Å². The number of carbonyl (C=O) groups is 2. The summed E-state index contributed by atoms with van der Waals surface area (Å²) in [5.74, 6) is -1.33. The number of benzene rings is 2. The van der Waals surface area contributed by atoms with Crippen LogP contribution in [-0.4, -0.2) is 29.8 Å². The minimum absolute atomic E-state index is 0.0461. The van der Waals surface area contributed by atoms with Crippen LogP contribution in [0.15, 0.2) is 48.5 Å². The van der Waals surface area contributed by atoms with Crippen LogP contribution in [0.5, 0.6) is 0 Å². The Kier molecular flexibility index (Phi) is 6.95. The van der Waals surface area contributed by atoms with Crippen molar-refractivity contribution < 1.29 is 32.6 Å². The number of carboxylic acid groups (broad SMARTS) is 1. The first-order chi connectivity index (χ1) is 12.7. The Morgan fingerprint density at radius 2 is 1.67 bits per heavy atom. The molecule has 0 aliphatic rings. The number of aromatic carboxylic acids is 1. The van der Waals surface area contributed by atoms with Crippen LogP contribution in [0, 0.1) is 0 Å². The first-order valence-electron chi connectivity index (χ1n) is 8.04. The monoisotopic (exact) mass is 381 g/mol. The fourth-order valence-corrected chi connectivity index (χ4v) is 2.30. The fraction of sp³-hybridized carbons (Fsp3) is 0.263. The van der Waals surface area contributed by atoms with Gasteiger partial charge in [0.2, 0.25) is 5.91 Å². The summed E-state index contributed by atoms with van der Waals surface area (Å²) in [4.78, 5) is 22.9. The van der Waals surface area contributed by atoms with E-state index in [-0.39, 0.29) is 31.0 Å². The van der Waals surface area contributed by atoms with Gasteiger partial charge in [0, 0.05) is 6.54 Å². The van der Waals surface area contributed by atoms with Crippen molar-refractivity contribution in [1.82, 2.24) is 5.32 Å². The molecule has 27 heavy (non-hydrogen) atoms. The molecular weight excluding hydrogens is 363 g/mol. The Hall–Kier alpha value is -2.87. The maximum Gasteiger partial charge on any atom is 0.411 e. The van der Waals surface area contributed by atoms with Gasteiger partial charge < -0.3 is 15.2 Å². The highest BCUT2D eigenvalue weighted by atomic mass is 19.4. The van der Waals surface area contributed by atoms with E-state index < -0.39 is 18.8 Å². The van der Waals surface area contributed by atoms with Gasteiger partial charge in [-0.2, -0.15) is 13.2 Å². The molecule has 2 aromatic carbocycles. The van der Waals surface area contributed by atoms with Crippen LogP contribution in [0.4, 0.5) is 13.2 Å². The van der Waals surface area contributed by atoms with Gasteiger partial charge in [0.05, 0.1) is 18.6 Å². The summed E-state index contributed by atoms with van der Waals surface area (Å²) in [5.41, 5.74) is 2.08. The zero-order valence-corrected chi connectivity index (χ0v) is 14.3. The molecule has 0 bridgehead atoms. The molecule has 0 saturated heterocycles. The third-order valence-corrected chi connectivity index (χ3v) is 3.59. The summed E-state index contributed by atoms with van der Waals surface area (Å²) >= 11 is 0. The Morgan fingerprint density at radius 1 is 1.00 bits per heavy atom. The van der Waals surface area contributed by atoms with Crippen LogP contribution < -0.4 is 5.32 Å². The summed E-state index contributed by atoms with van der Waals surface area (Å²) in [7, 11) is 0. The molecule has 5 nitrogen and oxygen atoms in total. The predicted octanol–water partition coefficient (Wildman–Crippen LogP) is 3.32. The highest BCUT2D eigenvalue weighted by Crippen LogP contribution is 2.16. The number of carbonyl (C=O) groups excluding carboxylic acids is 1. The van der Waals surface area contributed by atoms with Crippen LogP contribution in [-0.2, 0) is 29.1 Å². The third kappa shape index (κ3) is 7.49. The molecule has 0 aliphatic carbocycles. The fourth-order valence-electron chi connectivity index (χ4n) is 2.30. The SMILES string of the molecule is O=C(Cc1cccc(C(=O)O)c1)NCc1ccc(COCC(F)(F)F)cc1. The first kappa shape index (κ1) is 20.4. The van der Waals surface area contributed by atoms with E-state index in [1.54, 1.807) is 36.4 Å². The van der Waals surface area contributed by atoms with Gasteiger partial charge >= 0.3 is 12.1 Å². The first-order valence-corrected chi connectivity index (χ1v) is 8.04. The summed E-state index contributed by atoms with van der Waals surface area (Å²) in [6, 6.07) is 12.8. The van der Waals surface area contributed by atoms with E-state index in [9.17, 15) is 22.8 Å². The second-order valence-electron chi connectivity index (χ2n) is 5.88. The molecule has 0 heterocycles. The summed E-state index contributed by atoms with van der Waals surface area (Å²) in [5, 5.41) is 11.7. The van der Waals surface area contributed by atoms with Crippen molar-refractivity contribution >= 4 is 11.9 Å². The molecule has 1 amide bonds. The van der Waals surface area contributed by atoms with E-state index in [0.29, 0.717) is 11.1 Å². The van der Waals surface area contributed by atoms with Gasteiger partial charge in [-0.05, 0) is 28.8 Å². The van der Waals surface area contributed by atoms with Crippen molar-refractivity contribution in [3.8, 4) is 0 Å². The number of hydrogen-bond donors (Lipinski definition) is 2. The molecule has 0 unspecified atom stereocenters. The van der Waals surface area contributed by atoms with Crippen LogP contribution >= 0.6 is 0 Å². The molecule has 2 rings (SSSR count). The number of alkyl halides is 3. The van der Waals surface area contributed by atoms with Crippen LogP contribution in [0.1, 0.15) is 27.0 Å². The maximum absolute atomic E-state index is 12.0. The third-order valence-electron chi connectivity index (χ3n) is 3.59. The molecule has 0 aromatic heterocycles. The van der Waals surface area contributed by atoms with E-state index in [2.05, 4.69) is 10.1 Å². The second kappa shape index (κ2) is 9.18. The molecule has 0 radical (unpaired) electrons. The molecule has 0 fully saturated rings. The lowest BCUT2D eigenvalue weighted by Crippen LogP contribution is -2.24. The molecule has 144 valence electrons. The van der Waals surface area contributed by atoms with E-state index >= 15 is 0 Å². The number of amides is 1. The van der Waals surface area contributed by atoms with E-state index in [1.165, 1.54) is 12.1 Å². The van der Waals surface area contributed by atoms with Crippen molar-refractivity contribution in [2.45, 2.75) is 25.7 Å². The number of rotatable bonds is 8. The van der Waals surface area contributed by atoms with Crippen LogP contribution in [0.2, 0.25) is 0 Å². The molecule has 2 aromatic rings. The van der Waals surface area contributed by atoms with Gasteiger partial charge in [-0.25, -0.2) is 4.79 Å². The number of carboxylic acids is 1. The standard InChI is InChI=1S/C19H18F3NO4/c20-19(21,22)12-27-11-14-6-4-13(5-7-14)10-23-17(24)9-15-2-1-3-16(8-15)18(25)26/h1-8H,9-12H2,(H,23,24)(H,25,26). The highest BCUT2D eigenvalue weighted by molar-refractivity contribution is 5.88. The molecule has 8 heteroatoms. The van der Waals surface area contributed by atoms with E-state index in [4.69, 9.17) is 5.11 Å². The minimum Gasteiger partial charge on any atom is -0.478 e. The molecule has 0 aliphatic heterocycles. The van der Waals surface area contributed by atoms with Gasteiger partial charge in [-0.3, -0.25) is 4.79 Å². The predicted molar refractivity (Wildman–Crippen MR) is 91.1 cm³/mol. The van der Waals surface area contributed by atoms with Gasteiger partial charge in [0.1, 0.15) is 6.61 Å². The van der Waals surface area contributed by atoms with E-state index in [1.807, 2.05) is 0 Å². The number of hydrogen-bond acceptors (Lipinski definition) is 3. The quantitative estimate of drug-likeness (QED) is 0.736. The zero-order valence-electron chi connectivity index (χ0n) is 14.3. The zero-order chi connectivity index (χ0) is 19.9. The van der Waals surface area contributed by atoms with Crippen molar-refractivity contribution in [1.29, 1.82) is 0 Å². The molecule has 0 atom stereocenters. The smallest absolute Gasteiger partial charge is 0.411 e. The van der Waals surface area contributed by atoms with Crippen LogP contribution in [0.3, 0.4) is 0 Å². The maximum atomic E-state index is 12.0. The summed E-state index contributed by atoms with van der Waals surface area (Å²) in [6.45, 7) is -1.19. The Balaban J connectivity index is 1.79. The van der Waals surface area contributed by atoms with Crippen molar-refractivity contribution in [2.24, 2.45) is 0 Å². The van der Waals surface area contributed by atoms with Gasteiger partial charge in [-0.1, -0.05) is 36.4 Å². The Morgan fingerprint density at radius 3 is 2.30 bits per heavy atom. The second-order valence-corrected chi connectivity index (χ2v) is 5.88. The molecule has 2 N–H and O–H groups in total. The summed E-state index contributed by atoms with van der Waals surface area (Å²) < 4.78 is 40.6. The van der Waals surface area contributed by atoms with Gasteiger partial charge in [0.15, 0.2) is 0 Å². The van der Waals surface area contributed by atoms with Crippen LogP contribution in [0.25, 0.3) is 0 Å². The van der Waals surface area contributed by atoms with Gasteiger partial charge in [-0.15, -0.1) is 0 Å². The van der Waals surface area contributed by atoms with Crippen molar-refractivity contribution in [3.05, 3.63) is 70.8 Å². The Labute approximate surface area is 153 Å². The lowest BCUT2D eigenvalue weighted by molar-refractivity contribution is -0.176. The van der Waals surface area contributed by atoms with Crippen molar-refractivity contribution in [2.75, 3.05) is 6.61 Å². The lowest BCUT2D eigenvalue weighted by Gasteiger charge is -2.09. The largest absolute Gasteiger partial charge is 0.478 e. The number of nitrogens with one attached hydrogen (secondary N) is 1. The van der Waals surface area contributed by atoms with Crippen molar-refractivity contribution in [3.63, 3.8) is 0 Å². The molecule has 0 spiro atoms. The molecule has 0 saturated carbocycles. The Bertz CT molecular complexity index is 788. The highest BCUT2D eigenvalue weighted by Gasteiger charge is 2.27.